The monoisotopic (exact) mass is 377 g/mol. The number of hydrogen-bond acceptors (Lipinski definition) is 5. The maximum atomic E-state index is 12.5. The topological polar surface area (TPSA) is 66.1 Å². The number of aryl methyl sites for hydroxylation is 2. The Kier molecular flexibility index (Phi) is 5.12. The minimum absolute atomic E-state index is 0.0117. The summed E-state index contributed by atoms with van der Waals surface area (Å²) < 4.78 is 0. The van der Waals surface area contributed by atoms with E-state index in [2.05, 4.69) is 9.97 Å². The van der Waals surface area contributed by atoms with Crippen molar-refractivity contribution in [3.63, 3.8) is 0 Å². The number of hydrogen-bond donors (Lipinski definition) is 1. The van der Waals surface area contributed by atoms with Crippen molar-refractivity contribution in [1.29, 1.82) is 0 Å². The number of nitrogens with zero attached hydrogens (tertiary/aromatic N) is 2. The highest BCUT2D eigenvalue weighted by Crippen LogP contribution is 2.33. The molecule has 3 heterocycles. The van der Waals surface area contributed by atoms with Crippen molar-refractivity contribution in [3.8, 4) is 0 Å². The van der Waals surface area contributed by atoms with Gasteiger partial charge >= 0.3 is 0 Å². The van der Waals surface area contributed by atoms with Crippen LogP contribution in [0.5, 0.6) is 0 Å². The van der Waals surface area contributed by atoms with Crippen LogP contribution in [-0.2, 0) is 23.4 Å². The van der Waals surface area contributed by atoms with Crippen LogP contribution >= 0.6 is 23.1 Å². The van der Waals surface area contributed by atoms with Crippen LogP contribution in [0.2, 0.25) is 0 Å². The SMILES string of the molecule is O=C(CSCc1nc2sc3c(c2c(=O)[nH]1)CCCC3)N1CCCCC1. The molecule has 2 aromatic heterocycles. The quantitative estimate of drug-likeness (QED) is 0.889. The summed E-state index contributed by atoms with van der Waals surface area (Å²) in [6.07, 6.45) is 7.90. The van der Waals surface area contributed by atoms with Crippen molar-refractivity contribution < 1.29 is 4.79 Å². The minimum Gasteiger partial charge on any atom is -0.342 e. The van der Waals surface area contributed by atoms with Crippen LogP contribution < -0.4 is 5.56 Å². The third-order valence-electron chi connectivity index (χ3n) is 5.05. The van der Waals surface area contributed by atoms with E-state index in [0.717, 1.165) is 55.4 Å². The van der Waals surface area contributed by atoms with Crippen LogP contribution in [0.3, 0.4) is 0 Å². The lowest BCUT2D eigenvalue weighted by atomic mass is 9.97. The first-order valence-corrected chi connectivity index (χ1v) is 11.1. The second kappa shape index (κ2) is 7.50. The number of amides is 1. The van der Waals surface area contributed by atoms with Gasteiger partial charge < -0.3 is 9.88 Å². The summed E-state index contributed by atoms with van der Waals surface area (Å²) in [7, 11) is 0. The minimum atomic E-state index is -0.0117. The van der Waals surface area contributed by atoms with E-state index < -0.39 is 0 Å². The summed E-state index contributed by atoms with van der Waals surface area (Å²) in [5.41, 5.74) is 1.21. The van der Waals surface area contributed by atoms with Crippen LogP contribution in [0.25, 0.3) is 10.2 Å². The molecular weight excluding hydrogens is 354 g/mol. The third-order valence-corrected chi connectivity index (χ3v) is 7.16. The van der Waals surface area contributed by atoms with Crippen LogP contribution in [0.4, 0.5) is 0 Å². The van der Waals surface area contributed by atoms with Gasteiger partial charge in [-0.25, -0.2) is 4.98 Å². The first-order chi connectivity index (χ1) is 12.2. The average Bonchev–Trinajstić information content (AvgIpc) is 3.01. The van der Waals surface area contributed by atoms with Gasteiger partial charge in [-0.15, -0.1) is 23.1 Å². The molecule has 1 aliphatic heterocycles. The standard InChI is InChI=1S/C18H23N3O2S2/c22-15(21-8-4-1-5-9-21)11-24-10-14-19-17(23)16-12-6-2-3-7-13(12)25-18(16)20-14/h1-11H2,(H,19,20,23). The Hall–Kier alpha value is -1.34. The number of aromatic amines is 1. The van der Waals surface area contributed by atoms with Crippen LogP contribution in [0.1, 0.15) is 48.4 Å². The van der Waals surface area contributed by atoms with E-state index in [1.807, 2.05) is 4.90 Å². The predicted molar refractivity (Wildman–Crippen MR) is 103 cm³/mol. The van der Waals surface area contributed by atoms with Gasteiger partial charge in [-0.05, 0) is 50.5 Å². The zero-order valence-electron chi connectivity index (χ0n) is 14.3. The van der Waals surface area contributed by atoms with E-state index in [0.29, 0.717) is 17.3 Å². The van der Waals surface area contributed by atoms with Gasteiger partial charge in [0, 0.05) is 18.0 Å². The number of thioether (sulfide) groups is 1. The third kappa shape index (κ3) is 3.62. The molecule has 2 aromatic rings. The average molecular weight is 378 g/mol. The molecule has 0 aromatic carbocycles. The van der Waals surface area contributed by atoms with Crippen molar-refractivity contribution in [2.45, 2.75) is 50.7 Å². The number of nitrogens with one attached hydrogen (secondary N) is 1. The van der Waals surface area contributed by atoms with Gasteiger partial charge in [-0.2, -0.15) is 0 Å². The fraction of sp³-hybridized carbons (Fsp3) is 0.611. The molecule has 0 radical (unpaired) electrons. The molecule has 0 bridgehead atoms. The Morgan fingerprint density at radius 1 is 1.16 bits per heavy atom. The van der Waals surface area contributed by atoms with Gasteiger partial charge in [0.2, 0.25) is 5.91 Å². The van der Waals surface area contributed by atoms with E-state index in [1.54, 1.807) is 23.1 Å². The first kappa shape index (κ1) is 17.1. The van der Waals surface area contributed by atoms with E-state index in [1.165, 1.54) is 23.3 Å². The fourth-order valence-electron chi connectivity index (χ4n) is 3.75. The Morgan fingerprint density at radius 3 is 2.80 bits per heavy atom. The maximum absolute atomic E-state index is 12.5. The van der Waals surface area contributed by atoms with Crippen LogP contribution in [0, 0.1) is 0 Å². The number of carbonyl (C=O) groups excluding carboxylic acids is 1. The molecule has 1 aliphatic carbocycles. The Balaban J connectivity index is 1.43. The number of likely N-dealkylation sites (tertiary alicyclic amines) is 1. The summed E-state index contributed by atoms with van der Waals surface area (Å²) in [5.74, 6) is 1.93. The molecule has 0 unspecified atom stereocenters. The lowest BCUT2D eigenvalue weighted by Gasteiger charge is -2.26. The summed E-state index contributed by atoms with van der Waals surface area (Å²) in [5, 5.41) is 0.804. The number of thiophene rings is 1. The van der Waals surface area contributed by atoms with Gasteiger partial charge in [0.05, 0.1) is 16.9 Å². The second-order valence-electron chi connectivity index (χ2n) is 6.84. The highest BCUT2D eigenvalue weighted by Gasteiger charge is 2.20. The molecule has 7 heteroatoms. The molecule has 1 saturated heterocycles. The number of aromatic nitrogens is 2. The van der Waals surface area contributed by atoms with Gasteiger partial charge in [0.1, 0.15) is 10.7 Å². The number of rotatable bonds is 4. The molecule has 5 nitrogen and oxygen atoms in total. The maximum Gasteiger partial charge on any atom is 0.259 e. The zero-order chi connectivity index (χ0) is 17.2. The summed E-state index contributed by atoms with van der Waals surface area (Å²) in [4.78, 5) is 36.5. The molecule has 2 aliphatic rings. The molecule has 0 atom stereocenters. The molecule has 4 rings (SSSR count). The van der Waals surface area contributed by atoms with E-state index in [9.17, 15) is 9.59 Å². The Morgan fingerprint density at radius 2 is 1.96 bits per heavy atom. The Labute approximate surface area is 155 Å². The smallest absolute Gasteiger partial charge is 0.259 e. The van der Waals surface area contributed by atoms with Crippen LogP contribution in [0.15, 0.2) is 4.79 Å². The zero-order valence-corrected chi connectivity index (χ0v) is 15.9. The van der Waals surface area contributed by atoms with E-state index in [4.69, 9.17) is 0 Å². The van der Waals surface area contributed by atoms with Gasteiger partial charge in [0.25, 0.3) is 5.56 Å². The normalized spacial score (nSPS) is 17.7. The molecule has 1 amide bonds. The number of piperidine rings is 1. The lowest BCUT2D eigenvalue weighted by molar-refractivity contribution is -0.129. The largest absolute Gasteiger partial charge is 0.342 e. The number of carbonyl (C=O) groups is 1. The summed E-state index contributed by atoms with van der Waals surface area (Å²) in [6, 6.07) is 0. The molecule has 0 saturated carbocycles. The van der Waals surface area contributed by atoms with Crippen molar-refractivity contribution in [2.24, 2.45) is 0 Å². The van der Waals surface area contributed by atoms with Crippen LogP contribution in [-0.4, -0.2) is 39.6 Å². The first-order valence-electron chi connectivity index (χ1n) is 9.11. The van der Waals surface area contributed by atoms with Crippen molar-refractivity contribution in [1.82, 2.24) is 14.9 Å². The van der Waals surface area contributed by atoms with Gasteiger partial charge in [-0.1, -0.05) is 0 Å². The van der Waals surface area contributed by atoms with Crippen molar-refractivity contribution >= 4 is 39.2 Å². The highest BCUT2D eigenvalue weighted by molar-refractivity contribution is 7.99. The second-order valence-corrected chi connectivity index (χ2v) is 8.91. The number of H-pyrrole nitrogens is 1. The molecule has 25 heavy (non-hydrogen) atoms. The van der Waals surface area contributed by atoms with Gasteiger partial charge in [-0.3, -0.25) is 9.59 Å². The van der Waals surface area contributed by atoms with Crippen molar-refractivity contribution in [2.75, 3.05) is 18.8 Å². The fourth-order valence-corrected chi connectivity index (χ4v) is 5.82. The Bertz CT molecular complexity index is 837. The molecule has 1 fully saturated rings. The molecular formula is C18H23N3O2S2. The van der Waals surface area contributed by atoms with E-state index >= 15 is 0 Å². The van der Waals surface area contributed by atoms with E-state index in [-0.39, 0.29) is 11.5 Å². The van der Waals surface area contributed by atoms with Gasteiger partial charge in [0.15, 0.2) is 0 Å². The van der Waals surface area contributed by atoms with Crippen molar-refractivity contribution in [3.05, 3.63) is 26.6 Å². The molecule has 1 N–H and O–H groups in total. The molecule has 134 valence electrons. The highest BCUT2D eigenvalue weighted by atomic mass is 32.2. The predicted octanol–water partition coefficient (Wildman–Crippen LogP) is 3.11. The lowest BCUT2D eigenvalue weighted by Crippen LogP contribution is -2.36. The number of fused-ring (bicyclic) bond motifs is 3. The summed E-state index contributed by atoms with van der Waals surface area (Å²) >= 11 is 3.22. The molecule has 0 spiro atoms. The summed E-state index contributed by atoms with van der Waals surface area (Å²) in [6.45, 7) is 1.78.